The molecule has 1 fully saturated rings. The third kappa shape index (κ3) is 2.93. The maximum absolute atomic E-state index is 11.2. The predicted molar refractivity (Wildman–Crippen MR) is 65.6 cm³/mol. The summed E-state index contributed by atoms with van der Waals surface area (Å²) >= 11 is 0. The summed E-state index contributed by atoms with van der Waals surface area (Å²) in [6.07, 6.45) is 3.57. The molecule has 2 heterocycles. The van der Waals surface area contributed by atoms with Crippen LogP contribution in [0.3, 0.4) is 0 Å². The van der Waals surface area contributed by atoms with Crippen molar-refractivity contribution in [2.24, 2.45) is 5.92 Å². The zero-order valence-corrected chi connectivity index (χ0v) is 10.3. The number of likely N-dealkylation sites (tertiary alicyclic amines) is 1. The van der Waals surface area contributed by atoms with Crippen molar-refractivity contribution in [3.05, 3.63) is 18.1 Å². The zero-order chi connectivity index (χ0) is 12.3. The summed E-state index contributed by atoms with van der Waals surface area (Å²) in [6, 6.07) is 1.97. The highest BCUT2D eigenvalue weighted by molar-refractivity contribution is 5.73. The molecule has 1 amide bonds. The van der Waals surface area contributed by atoms with Crippen molar-refractivity contribution in [3.63, 3.8) is 0 Å². The quantitative estimate of drug-likeness (QED) is 0.845. The van der Waals surface area contributed by atoms with Crippen LogP contribution in [0, 0.1) is 5.92 Å². The van der Waals surface area contributed by atoms with E-state index in [1.54, 1.807) is 13.3 Å². The number of rotatable bonds is 3. The van der Waals surface area contributed by atoms with Crippen LogP contribution in [0.4, 0.5) is 5.82 Å². The lowest BCUT2D eigenvalue weighted by molar-refractivity contribution is -0.127. The topological polar surface area (TPSA) is 58.1 Å². The molecule has 1 atom stereocenters. The van der Waals surface area contributed by atoms with E-state index in [-0.39, 0.29) is 5.91 Å². The number of anilines is 1. The van der Waals surface area contributed by atoms with Crippen LogP contribution in [-0.4, -0.2) is 40.9 Å². The SMILES string of the molecule is CNc1cc(CC2CCN(C(C)=O)C2)ncn1. The average molecular weight is 234 g/mol. The van der Waals surface area contributed by atoms with E-state index in [0.717, 1.165) is 37.4 Å². The van der Waals surface area contributed by atoms with Crippen LogP contribution >= 0.6 is 0 Å². The third-order valence-electron chi connectivity index (χ3n) is 3.21. The number of carbonyl (C=O) groups is 1. The summed E-state index contributed by atoms with van der Waals surface area (Å²) in [5.74, 6) is 1.54. The highest BCUT2D eigenvalue weighted by atomic mass is 16.2. The Morgan fingerprint density at radius 1 is 1.59 bits per heavy atom. The molecule has 0 saturated carbocycles. The Morgan fingerprint density at radius 3 is 3.06 bits per heavy atom. The van der Waals surface area contributed by atoms with Crippen LogP contribution < -0.4 is 5.32 Å². The van der Waals surface area contributed by atoms with Gasteiger partial charge in [0.25, 0.3) is 0 Å². The van der Waals surface area contributed by atoms with Crippen LogP contribution in [0.15, 0.2) is 12.4 Å². The molecular formula is C12H18N4O. The van der Waals surface area contributed by atoms with Gasteiger partial charge in [-0.25, -0.2) is 9.97 Å². The van der Waals surface area contributed by atoms with Crippen LogP contribution in [0.2, 0.25) is 0 Å². The van der Waals surface area contributed by atoms with Crippen LogP contribution in [0.1, 0.15) is 19.0 Å². The molecule has 92 valence electrons. The van der Waals surface area contributed by atoms with Crippen LogP contribution in [0.5, 0.6) is 0 Å². The summed E-state index contributed by atoms with van der Waals surface area (Å²) in [4.78, 5) is 21.5. The number of amides is 1. The van der Waals surface area contributed by atoms with Crippen molar-refractivity contribution in [2.45, 2.75) is 19.8 Å². The predicted octanol–water partition coefficient (Wildman–Crippen LogP) is 0.929. The van der Waals surface area contributed by atoms with E-state index >= 15 is 0 Å². The number of carbonyl (C=O) groups excluding carboxylic acids is 1. The molecule has 1 unspecified atom stereocenters. The lowest BCUT2D eigenvalue weighted by Crippen LogP contribution is -2.26. The molecule has 2 rings (SSSR count). The first-order valence-corrected chi connectivity index (χ1v) is 5.93. The van der Waals surface area contributed by atoms with Gasteiger partial charge in [0.1, 0.15) is 12.1 Å². The lowest BCUT2D eigenvalue weighted by atomic mass is 10.0. The van der Waals surface area contributed by atoms with Gasteiger partial charge in [-0.3, -0.25) is 4.79 Å². The second kappa shape index (κ2) is 5.12. The van der Waals surface area contributed by atoms with Gasteiger partial charge in [0.2, 0.25) is 5.91 Å². The third-order valence-corrected chi connectivity index (χ3v) is 3.21. The monoisotopic (exact) mass is 234 g/mol. The first-order valence-electron chi connectivity index (χ1n) is 5.93. The number of hydrogen-bond acceptors (Lipinski definition) is 4. The standard InChI is InChI=1S/C12H18N4O/c1-9(17)16-4-3-10(7-16)5-11-6-12(13-2)15-8-14-11/h6,8,10H,3-5,7H2,1-2H3,(H,13,14,15). The maximum Gasteiger partial charge on any atom is 0.219 e. The number of hydrogen-bond donors (Lipinski definition) is 1. The van der Waals surface area contributed by atoms with Crippen molar-refractivity contribution < 1.29 is 4.79 Å². The minimum absolute atomic E-state index is 0.172. The highest BCUT2D eigenvalue weighted by Gasteiger charge is 2.24. The van der Waals surface area contributed by atoms with E-state index in [4.69, 9.17) is 0 Å². The van der Waals surface area contributed by atoms with E-state index in [9.17, 15) is 4.79 Å². The molecule has 1 aromatic heterocycles. The van der Waals surface area contributed by atoms with Gasteiger partial charge in [0, 0.05) is 38.8 Å². The molecule has 1 aliphatic rings. The largest absolute Gasteiger partial charge is 0.373 e. The van der Waals surface area contributed by atoms with Crippen molar-refractivity contribution in [1.29, 1.82) is 0 Å². The first kappa shape index (κ1) is 11.8. The molecule has 1 aliphatic heterocycles. The average Bonchev–Trinajstić information content (AvgIpc) is 2.78. The summed E-state index contributed by atoms with van der Waals surface area (Å²) in [6.45, 7) is 3.37. The summed E-state index contributed by atoms with van der Waals surface area (Å²) in [5.41, 5.74) is 1.04. The molecule has 0 aromatic carbocycles. The second-order valence-electron chi connectivity index (χ2n) is 4.47. The van der Waals surface area contributed by atoms with Gasteiger partial charge in [-0.2, -0.15) is 0 Å². The number of nitrogens with zero attached hydrogens (tertiary/aromatic N) is 3. The molecule has 0 spiro atoms. The minimum atomic E-state index is 0.172. The Hall–Kier alpha value is -1.65. The second-order valence-corrected chi connectivity index (χ2v) is 4.47. The molecule has 1 saturated heterocycles. The van der Waals surface area contributed by atoms with Gasteiger partial charge in [0.05, 0.1) is 0 Å². The van der Waals surface area contributed by atoms with E-state index < -0.39 is 0 Å². The molecule has 0 bridgehead atoms. The molecule has 5 heteroatoms. The van der Waals surface area contributed by atoms with Crippen molar-refractivity contribution in [1.82, 2.24) is 14.9 Å². The highest BCUT2D eigenvalue weighted by Crippen LogP contribution is 2.20. The van der Waals surface area contributed by atoms with Gasteiger partial charge in [0.15, 0.2) is 0 Å². The van der Waals surface area contributed by atoms with E-state index in [2.05, 4.69) is 15.3 Å². The van der Waals surface area contributed by atoms with Gasteiger partial charge >= 0.3 is 0 Å². The van der Waals surface area contributed by atoms with E-state index in [1.165, 1.54) is 0 Å². The number of aromatic nitrogens is 2. The molecule has 17 heavy (non-hydrogen) atoms. The zero-order valence-electron chi connectivity index (χ0n) is 10.3. The van der Waals surface area contributed by atoms with Gasteiger partial charge in [-0.1, -0.05) is 0 Å². The normalized spacial score (nSPS) is 19.4. The van der Waals surface area contributed by atoms with Gasteiger partial charge in [-0.05, 0) is 18.8 Å². The van der Waals surface area contributed by atoms with Crippen molar-refractivity contribution in [3.8, 4) is 0 Å². The smallest absolute Gasteiger partial charge is 0.219 e. The molecule has 0 aliphatic carbocycles. The minimum Gasteiger partial charge on any atom is -0.373 e. The molecule has 5 nitrogen and oxygen atoms in total. The van der Waals surface area contributed by atoms with Gasteiger partial charge < -0.3 is 10.2 Å². The Kier molecular flexibility index (Phi) is 3.56. The molecule has 0 radical (unpaired) electrons. The Balaban J connectivity index is 1.95. The number of nitrogens with one attached hydrogen (secondary N) is 1. The molecule has 1 aromatic rings. The Labute approximate surface area is 101 Å². The molecule has 1 N–H and O–H groups in total. The first-order chi connectivity index (χ1) is 8.19. The Morgan fingerprint density at radius 2 is 2.41 bits per heavy atom. The van der Waals surface area contributed by atoms with E-state index in [1.807, 2.05) is 18.0 Å². The fourth-order valence-electron chi connectivity index (χ4n) is 2.23. The maximum atomic E-state index is 11.2. The fraction of sp³-hybridized carbons (Fsp3) is 0.583. The summed E-state index contributed by atoms with van der Waals surface area (Å²) < 4.78 is 0. The summed E-state index contributed by atoms with van der Waals surface area (Å²) in [5, 5.41) is 3.00. The van der Waals surface area contributed by atoms with Crippen molar-refractivity contribution in [2.75, 3.05) is 25.5 Å². The van der Waals surface area contributed by atoms with Crippen molar-refractivity contribution >= 4 is 11.7 Å². The van der Waals surface area contributed by atoms with Crippen LogP contribution in [0.25, 0.3) is 0 Å². The Bertz CT molecular complexity index is 407. The van der Waals surface area contributed by atoms with Gasteiger partial charge in [-0.15, -0.1) is 0 Å². The van der Waals surface area contributed by atoms with Crippen LogP contribution in [-0.2, 0) is 11.2 Å². The summed E-state index contributed by atoms with van der Waals surface area (Å²) in [7, 11) is 1.85. The lowest BCUT2D eigenvalue weighted by Gasteiger charge is -2.13. The molecular weight excluding hydrogens is 216 g/mol. The fourth-order valence-corrected chi connectivity index (χ4v) is 2.23. The van der Waals surface area contributed by atoms with E-state index in [0.29, 0.717) is 5.92 Å².